The number of halogens is 1. The predicted octanol–water partition coefficient (Wildman–Crippen LogP) is 3.15. The summed E-state index contributed by atoms with van der Waals surface area (Å²) in [5, 5.41) is 4.46. The Labute approximate surface area is 106 Å². The first-order valence-corrected chi connectivity index (χ1v) is 6.10. The number of aromatic nitrogens is 2. The first kappa shape index (κ1) is 12.8. The van der Waals surface area contributed by atoms with E-state index in [0.29, 0.717) is 17.2 Å². The van der Waals surface area contributed by atoms with E-state index in [9.17, 15) is 4.39 Å². The third-order valence-corrected chi connectivity index (χ3v) is 2.93. The number of nitrogens with zero attached hydrogens (tertiary/aromatic N) is 2. The summed E-state index contributed by atoms with van der Waals surface area (Å²) in [4.78, 5) is 0. The fourth-order valence-corrected chi connectivity index (χ4v) is 1.96. The minimum Gasteiger partial charge on any atom is -0.324 e. The molecule has 2 N–H and O–H groups in total. The van der Waals surface area contributed by atoms with Crippen molar-refractivity contribution >= 4 is 0 Å². The van der Waals surface area contributed by atoms with Gasteiger partial charge in [-0.15, -0.1) is 0 Å². The van der Waals surface area contributed by atoms with E-state index < -0.39 is 0 Å². The van der Waals surface area contributed by atoms with E-state index >= 15 is 0 Å². The van der Waals surface area contributed by atoms with Crippen LogP contribution in [0.25, 0.3) is 5.69 Å². The monoisotopic (exact) mass is 247 g/mol. The molecule has 0 fully saturated rings. The summed E-state index contributed by atoms with van der Waals surface area (Å²) >= 11 is 0. The highest BCUT2D eigenvalue weighted by Gasteiger charge is 2.15. The van der Waals surface area contributed by atoms with Crippen molar-refractivity contribution in [1.29, 1.82) is 0 Å². The van der Waals surface area contributed by atoms with Gasteiger partial charge in [0.25, 0.3) is 0 Å². The Kier molecular flexibility index (Phi) is 3.48. The molecule has 3 nitrogen and oxygen atoms in total. The number of benzene rings is 1. The Hall–Kier alpha value is -1.68. The van der Waals surface area contributed by atoms with Gasteiger partial charge >= 0.3 is 0 Å². The molecule has 0 saturated carbocycles. The van der Waals surface area contributed by atoms with Crippen molar-refractivity contribution in [1.82, 2.24) is 9.78 Å². The Morgan fingerprint density at radius 3 is 2.50 bits per heavy atom. The van der Waals surface area contributed by atoms with Gasteiger partial charge in [-0.3, -0.25) is 0 Å². The Morgan fingerprint density at radius 1 is 1.22 bits per heavy atom. The van der Waals surface area contributed by atoms with E-state index in [-0.39, 0.29) is 11.9 Å². The molecule has 2 aromatic rings. The molecule has 0 aliphatic heterocycles. The second-order valence-corrected chi connectivity index (χ2v) is 4.80. The Morgan fingerprint density at radius 2 is 1.94 bits per heavy atom. The quantitative estimate of drug-likeness (QED) is 0.905. The summed E-state index contributed by atoms with van der Waals surface area (Å²) in [7, 11) is 0. The van der Waals surface area contributed by atoms with E-state index in [1.54, 1.807) is 17.7 Å². The van der Waals surface area contributed by atoms with Crippen molar-refractivity contribution in [2.45, 2.75) is 32.7 Å². The third-order valence-electron chi connectivity index (χ3n) is 2.93. The van der Waals surface area contributed by atoms with E-state index in [1.807, 2.05) is 18.3 Å². The van der Waals surface area contributed by atoms with E-state index in [0.717, 1.165) is 5.69 Å². The molecular weight excluding hydrogens is 229 g/mol. The summed E-state index contributed by atoms with van der Waals surface area (Å²) in [6, 6.07) is 6.51. The molecule has 0 spiro atoms. The van der Waals surface area contributed by atoms with Crippen LogP contribution in [0.4, 0.5) is 4.39 Å². The first-order valence-electron chi connectivity index (χ1n) is 6.10. The summed E-state index contributed by atoms with van der Waals surface area (Å²) in [6.07, 6.45) is 1.84. The molecule has 1 atom stereocenters. The van der Waals surface area contributed by atoms with Crippen LogP contribution in [0.1, 0.15) is 44.0 Å². The van der Waals surface area contributed by atoms with Gasteiger partial charge in [0.1, 0.15) is 5.82 Å². The molecule has 1 heterocycles. The van der Waals surface area contributed by atoms with Crippen molar-refractivity contribution in [2.75, 3.05) is 0 Å². The molecule has 1 aromatic carbocycles. The van der Waals surface area contributed by atoms with Crippen LogP contribution >= 0.6 is 0 Å². The number of rotatable bonds is 3. The highest BCUT2D eigenvalue weighted by molar-refractivity contribution is 5.43. The number of hydrogen-bond acceptors (Lipinski definition) is 2. The fraction of sp³-hybridized carbons (Fsp3) is 0.357. The lowest BCUT2D eigenvalue weighted by molar-refractivity contribution is 0.588. The fourth-order valence-electron chi connectivity index (χ4n) is 1.96. The van der Waals surface area contributed by atoms with Gasteiger partial charge in [-0.05, 0) is 31.0 Å². The molecule has 0 radical (unpaired) electrons. The second kappa shape index (κ2) is 4.90. The van der Waals surface area contributed by atoms with Gasteiger partial charge in [0.05, 0.1) is 11.4 Å². The van der Waals surface area contributed by atoms with Gasteiger partial charge in [-0.1, -0.05) is 19.9 Å². The normalized spacial score (nSPS) is 13.0. The molecule has 4 heteroatoms. The smallest absolute Gasteiger partial charge is 0.130 e. The summed E-state index contributed by atoms with van der Waals surface area (Å²) in [6.45, 7) is 5.92. The van der Waals surface area contributed by atoms with Crippen LogP contribution in [0.2, 0.25) is 0 Å². The lowest BCUT2D eigenvalue weighted by atomic mass is 10.1. The van der Waals surface area contributed by atoms with Crippen LogP contribution in [0.15, 0.2) is 30.5 Å². The van der Waals surface area contributed by atoms with Gasteiger partial charge in [0.2, 0.25) is 0 Å². The van der Waals surface area contributed by atoms with Gasteiger partial charge in [0.15, 0.2) is 0 Å². The molecule has 18 heavy (non-hydrogen) atoms. The second-order valence-electron chi connectivity index (χ2n) is 4.80. The maximum atomic E-state index is 13.8. The van der Waals surface area contributed by atoms with Crippen LogP contribution < -0.4 is 5.73 Å². The zero-order chi connectivity index (χ0) is 13.3. The van der Waals surface area contributed by atoms with Crippen LogP contribution in [0.3, 0.4) is 0 Å². The lowest BCUT2D eigenvalue weighted by Gasteiger charge is -2.13. The first-order chi connectivity index (χ1) is 8.50. The zero-order valence-electron chi connectivity index (χ0n) is 10.9. The zero-order valence-corrected chi connectivity index (χ0v) is 10.9. The SMILES string of the molecule is CC(C)c1ccn(-c2cccc(F)c2[C@@H](C)N)n1. The van der Waals surface area contributed by atoms with Crippen molar-refractivity contribution in [2.24, 2.45) is 5.73 Å². The van der Waals surface area contributed by atoms with E-state index in [1.165, 1.54) is 6.07 Å². The largest absolute Gasteiger partial charge is 0.324 e. The molecule has 0 bridgehead atoms. The maximum absolute atomic E-state index is 13.8. The molecule has 1 aromatic heterocycles. The highest BCUT2D eigenvalue weighted by atomic mass is 19.1. The Bertz CT molecular complexity index is 544. The number of nitrogens with two attached hydrogens (primary N) is 1. The average Bonchev–Trinajstić information content (AvgIpc) is 2.77. The standard InChI is InChI=1S/C14H18FN3/c1-9(2)12-7-8-18(17-12)13-6-4-5-11(15)14(13)10(3)16/h4-10H,16H2,1-3H3/t10-/m1/s1. The third kappa shape index (κ3) is 2.29. The molecule has 0 saturated heterocycles. The number of hydrogen-bond donors (Lipinski definition) is 1. The van der Waals surface area contributed by atoms with Crippen molar-refractivity contribution in [3.63, 3.8) is 0 Å². The van der Waals surface area contributed by atoms with Crippen molar-refractivity contribution in [3.8, 4) is 5.69 Å². The van der Waals surface area contributed by atoms with Crippen molar-refractivity contribution < 1.29 is 4.39 Å². The van der Waals surface area contributed by atoms with Gasteiger partial charge in [0, 0.05) is 17.8 Å². The van der Waals surface area contributed by atoms with Gasteiger partial charge < -0.3 is 5.73 Å². The summed E-state index contributed by atoms with van der Waals surface area (Å²) in [5.74, 6) is 0.0580. The molecule has 0 amide bonds. The van der Waals surface area contributed by atoms with Gasteiger partial charge in [-0.2, -0.15) is 5.10 Å². The molecular formula is C14H18FN3. The molecule has 96 valence electrons. The minimum absolute atomic E-state index is 0.288. The van der Waals surface area contributed by atoms with Crippen molar-refractivity contribution in [3.05, 3.63) is 47.5 Å². The highest BCUT2D eigenvalue weighted by Crippen LogP contribution is 2.23. The van der Waals surface area contributed by atoms with Crippen LogP contribution in [0, 0.1) is 5.82 Å². The van der Waals surface area contributed by atoms with Gasteiger partial charge in [-0.25, -0.2) is 9.07 Å². The van der Waals surface area contributed by atoms with Crippen LogP contribution in [-0.2, 0) is 0 Å². The van der Waals surface area contributed by atoms with Crippen LogP contribution in [0.5, 0.6) is 0 Å². The van der Waals surface area contributed by atoms with E-state index in [4.69, 9.17) is 5.73 Å². The molecule has 2 rings (SSSR count). The molecule has 0 unspecified atom stereocenters. The molecule has 0 aliphatic rings. The Balaban J connectivity index is 2.53. The lowest BCUT2D eigenvalue weighted by Crippen LogP contribution is -2.12. The summed E-state index contributed by atoms with van der Waals surface area (Å²) in [5.41, 5.74) is 8.02. The summed E-state index contributed by atoms with van der Waals surface area (Å²) < 4.78 is 15.5. The average molecular weight is 247 g/mol. The maximum Gasteiger partial charge on any atom is 0.130 e. The van der Waals surface area contributed by atoms with E-state index in [2.05, 4.69) is 18.9 Å². The minimum atomic E-state index is -0.368. The topological polar surface area (TPSA) is 43.8 Å². The van der Waals surface area contributed by atoms with Crippen LogP contribution in [-0.4, -0.2) is 9.78 Å². The molecule has 0 aliphatic carbocycles. The predicted molar refractivity (Wildman–Crippen MR) is 70.2 cm³/mol.